The zero-order chi connectivity index (χ0) is 14.5. The molecule has 6 nitrogen and oxygen atoms in total. The summed E-state index contributed by atoms with van der Waals surface area (Å²) in [6.07, 6.45) is 0.249. The lowest BCUT2D eigenvalue weighted by atomic mass is 10.3. The second-order valence-electron chi connectivity index (χ2n) is 4.48. The molecule has 0 aliphatic carbocycles. The molecule has 0 spiro atoms. The van der Waals surface area contributed by atoms with Crippen LogP contribution in [0.4, 0.5) is 11.5 Å². The van der Waals surface area contributed by atoms with Crippen LogP contribution in [0.5, 0.6) is 5.75 Å². The number of aryl methyl sites for hydroxylation is 2. The van der Waals surface area contributed by atoms with Crippen LogP contribution in [0, 0.1) is 6.92 Å². The van der Waals surface area contributed by atoms with Crippen molar-refractivity contribution in [3.63, 3.8) is 0 Å². The molecule has 20 heavy (non-hydrogen) atoms. The lowest BCUT2D eigenvalue weighted by Gasteiger charge is -2.08. The smallest absolute Gasteiger partial charge is 0.228 e. The second kappa shape index (κ2) is 6.10. The summed E-state index contributed by atoms with van der Waals surface area (Å²) in [5.74, 6) is 1.14. The monoisotopic (exact) mass is 274 g/mol. The lowest BCUT2D eigenvalue weighted by molar-refractivity contribution is -0.116. The number of carbonyl (C=O) groups is 1. The summed E-state index contributed by atoms with van der Waals surface area (Å²) >= 11 is 0. The van der Waals surface area contributed by atoms with Gasteiger partial charge in [0.2, 0.25) is 5.91 Å². The number of anilines is 2. The maximum Gasteiger partial charge on any atom is 0.228 e. The average molecular weight is 274 g/mol. The first-order chi connectivity index (χ1) is 9.56. The Morgan fingerprint density at radius 2 is 2.20 bits per heavy atom. The fourth-order valence-electron chi connectivity index (χ4n) is 1.80. The number of amides is 1. The van der Waals surface area contributed by atoms with E-state index in [9.17, 15) is 4.79 Å². The van der Waals surface area contributed by atoms with Gasteiger partial charge in [-0.3, -0.25) is 9.48 Å². The molecule has 1 amide bonds. The minimum absolute atomic E-state index is 0.123. The first-order valence-corrected chi connectivity index (χ1v) is 6.34. The molecule has 1 aromatic heterocycles. The third kappa shape index (κ3) is 3.50. The Bertz CT molecular complexity index is 607. The van der Waals surface area contributed by atoms with Crippen LogP contribution >= 0.6 is 0 Å². The highest BCUT2D eigenvalue weighted by atomic mass is 16.5. The third-order valence-electron chi connectivity index (χ3n) is 2.78. The Morgan fingerprint density at radius 3 is 2.85 bits per heavy atom. The Balaban J connectivity index is 1.81. The Kier molecular flexibility index (Phi) is 4.24. The Morgan fingerprint density at radius 1 is 1.45 bits per heavy atom. The van der Waals surface area contributed by atoms with Crippen molar-refractivity contribution in [2.75, 3.05) is 17.7 Å². The number of hydrogen-bond donors (Lipinski definition) is 2. The number of nitrogens with one attached hydrogen (secondary N) is 1. The van der Waals surface area contributed by atoms with E-state index < -0.39 is 0 Å². The quantitative estimate of drug-likeness (QED) is 0.813. The molecule has 106 valence electrons. The van der Waals surface area contributed by atoms with Gasteiger partial charge in [0, 0.05) is 13.1 Å². The predicted octanol–water partition coefficient (Wildman–Crippen LogP) is 1.72. The van der Waals surface area contributed by atoms with Crippen LogP contribution in [-0.4, -0.2) is 22.3 Å². The minimum atomic E-state index is -0.123. The molecule has 0 radical (unpaired) electrons. The van der Waals surface area contributed by atoms with E-state index in [0.29, 0.717) is 17.3 Å². The molecular weight excluding hydrogens is 256 g/mol. The van der Waals surface area contributed by atoms with Crippen molar-refractivity contribution in [1.29, 1.82) is 0 Å². The van der Waals surface area contributed by atoms with Crippen LogP contribution in [0.1, 0.15) is 12.1 Å². The van der Waals surface area contributed by atoms with Crippen LogP contribution < -0.4 is 15.8 Å². The summed E-state index contributed by atoms with van der Waals surface area (Å²) in [6.45, 7) is 2.15. The molecular formula is C14H18N4O2. The first kappa shape index (κ1) is 13.9. The van der Waals surface area contributed by atoms with Crippen molar-refractivity contribution >= 4 is 17.4 Å². The molecule has 2 rings (SSSR count). The molecule has 0 atom stereocenters. The molecule has 0 bridgehead atoms. The van der Waals surface area contributed by atoms with E-state index in [-0.39, 0.29) is 18.9 Å². The van der Waals surface area contributed by atoms with Crippen LogP contribution in [0.3, 0.4) is 0 Å². The van der Waals surface area contributed by atoms with Gasteiger partial charge in [-0.2, -0.15) is 5.10 Å². The van der Waals surface area contributed by atoms with E-state index in [0.717, 1.165) is 5.69 Å². The first-order valence-electron chi connectivity index (χ1n) is 6.34. The molecule has 6 heteroatoms. The Hall–Kier alpha value is -2.50. The van der Waals surface area contributed by atoms with Crippen LogP contribution in [0.25, 0.3) is 0 Å². The SMILES string of the molecule is Cc1cc(NC(=O)CCOc2ccccc2N)n(C)n1. The molecule has 2 aromatic rings. The number of nitrogens with zero attached hydrogens (tertiary/aromatic N) is 2. The normalized spacial score (nSPS) is 10.3. The van der Waals surface area contributed by atoms with Gasteiger partial charge in [-0.25, -0.2) is 0 Å². The van der Waals surface area contributed by atoms with Crippen molar-refractivity contribution < 1.29 is 9.53 Å². The number of ether oxygens (including phenoxy) is 1. The maximum absolute atomic E-state index is 11.8. The number of para-hydroxylation sites is 2. The molecule has 0 saturated carbocycles. The third-order valence-corrected chi connectivity index (χ3v) is 2.78. The van der Waals surface area contributed by atoms with Gasteiger partial charge in [0.1, 0.15) is 11.6 Å². The summed E-state index contributed by atoms with van der Waals surface area (Å²) < 4.78 is 7.10. The van der Waals surface area contributed by atoms with Crippen molar-refractivity contribution in [3.05, 3.63) is 36.0 Å². The van der Waals surface area contributed by atoms with Crippen LogP contribution in [-0.2, 0) is 11.8 Å². The highest BCUT2D eigenvalue weighted by Crippen LogP contribution is 2.19. The summed E-state index contributed by atoms with van der Waals surface area (Å²) in [5, 5.41) is 6.94. The number of nitrogens with two attached hydrogens (primary N) is 1. The minimum Gasteiger partial charge on any atom is -0.491 e. The fourth-order valence-corrected chi connectivity index (χ4v) is 1.80. The van der Waals surface area contributed by atoms with Gasteiger partial charge in [-0.1, -0.05) is 12.1 Å². The number of carbonyl (C=O) groups excluding carboxylic acids is 1. The highest BCUT2D eigenvalue weighted by Gasteiger charge is 2.07. The van der Waals surface area contributed by atoms with E-state index in [1.807, 2.05) is 25.1 Å². The van der Waals surface area contributed by atoms with Crippen molar-refractivity contribution in [2.45, 2.75) is 13.3 Å². The number of aromatic nitrogens is 2. The molecule has 0 saturated heterocycles. The van der Waals surface area contributed by atoms with Gasteiger partial charge in [0.15, 0.2) is 0 Å². The molecule has 0 unspecified atom stereocenters. The van der Waals surface area contributed by atoms with Gasteiger partial charge in [-0.05, 0) is 19.1 Å². The van der Waals surface area contributed by atoms with E-state index in [2.05, 4.69) is 10.4 Å². The van der Waals surface area contributed by atoms with Gasteiger partial charge in [0.25, 0.3) is 0 Å². The lowest BCUT2D eigenvalue weighted by Crippen LogP contribution is -2.17. The number of rotatable bonds is 5. The van der Waals surface area contributed by atoms with Gasteiger partial charge in [-0.15, -0.1) is 0 Å². The fraction of sp³-hybridized carbons (Fsp3) is 0.286. The second-order valence-corrected chi connectivity index (χ2v) is 4.48. The van der Waals surface area contributed by atoms with Crippen molar-refractivity contribution in [1.82, 2.24) is 9.78 Å². The van der Waals surface area contributed by atoms with Crippen LogP contribution in [0.15, 0.2) is 30.3 Å². The van der Waals surface area contributed by atoms with Gasteiger partial charge in [0.05, 0.1) is 24.4 Å². The predicted molar refractivity (Wildman–Crippen MR) is 77.5 cm³/mol. The maximum atomic E-state index is 11.8. The zero-order valence-corrected chi connectivity index (χ0v) is 11.6. The van der Waals surface area contributed by atoms with E-state index in [4.69, 9.17) is 10.5 Å². The molecule has 0 fully saturated rings. The molecule has 3 N–H and O–H groups in total. The average Bonchev–Trinajstić information content (AvgIpc) is 2.70. The zero-order valence-electron chi connectivity index (χ0n) is 11.6. The Labute approximate surface area is 117 Å². The highest BCUT2D eigenvalue weighted by molar-refractivity contribution is 5.89. The number of hydrogen-bond acceptors (Lipinski definition) is 4. The summed E-state index contributed by atoms with van der Waals surface area (Å²) in [4.78, 5) is 11.8. The van der Waals surface area contributed by atoms with Crippen molar-refractivity contribution in [2.24, 2.45) is 7.05 Å². The number of benzene rings is 1. The van der Waals surface area contributed by atoms with Crippen molar-refractivity contribution in [3.8, 4) is 5.75 Å². The van der Waals surface area contributed by atoms with Gasteiger partial charge < -0.3 is 15.8 Å². The summed E-state index contributed by atoms with van der Waals surface area (Å²) in [6, 6.07) is 9.02. The summed E-state index contributed by atoms with van der Waals surface area (Å²) in [7, 11) is 1.78. The number of nitrogen functional groups attached to an aromatic ring is 1. The topological polar surface area (TPSA) is 82.2 Å². The van der Waals surface area contributed by atoms with E-state index in [1.54, 1.807) is 23.9 Å². The van der Waals surface area contributed by atoms with Gasteiger partial charge >= 0.3 is 0 Å². The molecule has 1 heterocycles. The largest absolute Gasteiger partial charge is 0.491 e. The standard InChI is InChI=1S/C14H18N4O2/c1-10-9-13(18(2)17-10)16-14(19)7-8-20-12-6-4-3-5-11(12)15/h3-6,9H,7-8,15H2,1-2H3,(H,16,19). The molecule has 0 aliphatic rings. The molecule has 1 aromatic carbocycles. The van der Waals surface area contributed by atoms with Crippen LogP contribution in [0.2, 0.25) is 0 Å². The summed E-state index contributed by atoms with van der Waals surface area (Å²) in [5.41, 5.74) is 7.17. The molecule has 0 aliphatic heterocycles. The van der Waals surface area contributed by atoms with E-state index in [1.165, 1.54) is 0 Å². The van der Waals surface area contributed by atoms with E-state index >= 15 is 0 Å².